The van der Waals surface area contributed by atoms with Gasteiger partial charge in [0.2, 0.25) is 0 Å². The third-order valence-electron chi connectivity index (χ3n) is 3.31. The van der Waals surface area contributed by atoms with E-state index in [1.54, 1.807) is 0 Å². The quantitative estimate of drug-likeness (QED) is 0.407. The molecule has 4 rings (SSSR count). The van der Waals surface area contributed by atoms with Crippen LogP contribution < -0.4 is 5.63 Å². The molecule has 2 aromatic carbocycles. The van der Waals surface area contributed by atoms with Crippen molar-refractivity contribution in [1.82, 2.24) is 10.2 Å². The number of hydrogen-bond acceptors (Lipinski definition) is 6. The van der Waals surface area contributed by atoms with Crippen molar-refractivity contribution < 1.29 is 4.42 Å². The summed E-state index contributed by atoms with van der Waals surface area (Å²) < 4.78 is 6.20. The van der Waals surface area contributed by atoms with Crippen LogP contribution in [0, 0.1) is 6.92 Å². The Morgan fingerprint density at radius 1 is 1.09 bits per heavy atom. The van der Waals surface area contributed by atoms with Gasteiger partial charge in [-0.25, -0.2) is 4.79 Å². The van der Waals surface area contributed by atoms with E-state index in [1.165, 1.54) is 23.1 Å². The van der Waals surface area contributed by atoms with Gasteiger partial charge in [-0.05, 0) is 41.6 Å². The summed E-state index contributed by atoms with van der Waals surface area (Å²) in [6.07, 6.45) is 0. The van der Waals surface area contributed by atoms with Crippen LogP contribution in [0.15, 0.2) is 60.9 Å². The molecule has 0 aliphatic carbocycles. The minimum atomic E-state index is -0.347. The molecule has 2 aromatic heterocycles. The number of fused-ring (bicyclic) bond motifs is 3. The van der Waals surface area contributed by atoms with Crippen molar-refractivity contribution in [3.05, 3.63) is 57.9 Å². The van der Waals surface area contributed by atoms with E-state index in [-0.39, 0.29) is 5.63 Å². The van der Waals surface area contributed by atoms with Gasteiger partial charge >= 0.3 is 5.63 Å². The van der Waals surface area contributed by atoms with Crippen LogP contribution in [0.1, 0.15) is 5.01 Å². The molecule has 0 unspecified atom stereocenters. The number of aryl methyl sites for hydroxylation is 1. The zero-order valence-electron chi connectivity index (χ0n) is 11.6. The van der Waals surface area contributed by atoms with Gasteiger partial charge in [-0.2, -0.15) is 0 Å². The first-order valence-electron chi connectivity index (χ1n) is 6.64. The van der Waals surface area contributed by atoms with Gasteiger partial charge in [0.15, 0.2) is 4.34 Å². The minimum Gasteiger partial charge on any atom is -0.422 e. The Morgan fingerprint density at radius 2 is 1.95 bits per heavy atom. The van der Waals surface area contributed by atoms with Crippen LogP contribution in [0.25, 0.3) is 21.7 Å². The molecule has 0 saturated heterocycles. The summed E-state index contributed by atoms with van der Waals surface area (Å²) in [7, 11) is 0. The number of nitrogens with zero attached hydrogens (tertiary/aromatic N) is 2. The Labute approximate surface area is 133 Å². The van der Waals surface area contributed by atoms with Gasteiger partial charge in [0, 0.05) is 5.39 Å². The smallest absolute Gasteiger partial charge is 0.350 e. The minimum absolute atomic E-state index is 0.347. The second-order valence-electron chi connectivity index (χ2n) is 4.79. The molecular formula is C16H10N2O2S2. The molecule has 0 atom stereocenters. The molecular weight excluding hydrogens is 316 g/mol. The highest BCUT2D eigenvalue weighted by Gasteiger charge is 2.11. The van der Waals surface area contributed by atoms with Crippen LogP contribution in [-0.2, 0) is 0 Å². The summed E-state index contributed by atoms with van der Waals surface area (Å²) in [4.78, 5) is 12.7. The van der Waals surface area contributed by atoms with E-state index < -0.39 is 0 Å². The number of hydrogen-bond donors (Lipinski definition) is 0. The maximum atomic E-state index is 12.1. The van der Waals surface area contributed by atoms with Gasteiger partial charge in [0.05, 0.1) is 0 Å². The fraction of sp³-hybridized carbons (Fsp3) is 0.0625. The van der Waals surface area contributed by atoms with Crippen LogP contribution in [0.5, 0.6) is 0 Å². The Bertz CT molecular complexity index is 1050. The Kier molecular flexibility index (Phi) is 3.20. The highest BCUT2D eigenvalue weighted by molar-refractivity contribution is 8.01. The fourth-order valence-corrected chi connectivity index (χ4v) is 4.12. The Hall–Kier alpha value is -2.18. The standard InChI is InChI=1S/C16H10N2O2S2/c1-9-17-18-16(21-9)22-14-8-12-11-5-3-2-4-10(11)6-7-13(12)20-15(14)19/h2-8H,1H3. The molecule has 108 valence electrons. The number of benzene rings is 2. The van der Waals surface area contributed by atoms with E-state index in [4.69, 9.17) is 4.42 Å². The average molecular weight is 326 g/mol. The lowest BCUT2D eigenvalue weighted by molar-refractivity contribution is 0.544. The largest absolute Gasteiger partial charge is 0.422 e. The van der Waals surface area contributed by atoms with Gasteiger partial charge in [-0.1, -0.05) is 41.7 Å². The molecule has 0 radical (unpaired) electrons. The molecule has 2 heterocycles. The number of rotatable bonds is 2. The van der Waals surface area contributed by atoms with Crippen LogP contribution in [0.4, 0.5) is 0 Å². The van der Waals surface area contributed by atoms with Crippen molar-refractivity contribution in [1.29, 1.82) is 0 Å². The summed E-state index contributed by atoms with van der Waals surface area (Å²) in [5.41, 5.74) is 0.252. The van der Waals surface area contributed by atoms with Gasteiger partial charge in [0.1, 0.15) is 15.5 Å². The molecule has 0 spiro atoms. The third kappa shape index (κ3) is 2.30. The predicted molar refractivity (Wildman–Crippen MR) is 88.8 cm³/mol. The van der Waals surface area contributed by atoms with Crippen LogP contribution in [0.2, 0.25) is 0 Å². The maximum Gasteiger partial charge on any atom is 0.350 e. The topological polar surface area (TPSA) is 56.0 Å². The highest BCUT2D eigenvalue weighted by Crippen LogP contribution is 2.32. The van der Waals surface area contributed by atoms with Crippen molar-refractivity contribution in [2.24, 2.45) is 0 Å². The van der Waals surface area contributed by atoms with E-state index >= 15 is 0 Å². The molecule has 0 fully saturated rings. The SMILES string of the molecule is Cc1nnc(Sc2cc3c(ccc4ccccc43)oc2=O)s1. The first-order chi connectivity index (χ1) is 10.7. The van der Waals surface area contributed by atoms with Gasteiger partial charge in [-0.3, -0.25) is 0 Å². The third-order valence-corrected chi connectivity index (χ3v) is 5.21. The van der Waals surface area contributed by atoms with Crippen molar-refractivity contribution in [3.63, 3.8) is 0 Å². The summed E-state index contributed by atoms with van der Waals surface area (Å²) in [6, 6.07) is 13.7. The molecule has 0 aliphatic rings. The van der Waals surface area contributed by atoms with Gasteiger partial charge in [0.25, 0.3) is 0 Å². The lowest BCUT2D eigenvalue weighted by Gasteiger charge is -2.04. The Morgan fingerprint density at radius 3 is 2.77 bits per heavy atom. The molecule has 0 bridgehead atoms. The average Bonchev–Trinajstić information content (AvgIpc) is 2.93. The summed E-state index contributed by atoms with van der Waals surface area (Å²) in [5.74, 6) is 0. The van der Waals surface area contributed by atoms with E-state index in [2.05, 4.69) is 10.2 Å². The molecule has 4 aromatic rings. The monoisotopic (exact) mass is 326 g/mol. The van der Waals surface area contributed by atoms with Crippen LogP contribution >= 0.6 is 23.1 Å². The van der Waals surface area contributed by atoms with Crippen molar-refractivity contribution >= 4 is 44.8 Å². The summed E-state index contributed by atoms with van der Waals surface area (Å²) >= 11 is 2.76. The van der Waals surface area contributed by atoms with E-state index in [1.807, 2.05) is 49.4 Å². The molecule has 0 aliphatic heterocycles. The lowest BCUT2D eigenvalue weighted by atomic mass is 10.1. The van der Waals surface area contributed by atoms with Gasteiger partial charge < -0.3 is 4.42 Å². The molecule has 22 heavy (non-hydrogen) atoms. The van der Waals surface area contributed by atoms with Gasteiger partial charge in [-0.15, -0.1) is 10.2 Å². The molecule has 0 amide bonds. The summed E-state index contributed by atoms with van der Waals surface area (Å²) in [6.45, 7) is 1.89. The van der Waals surface area contributed by atoms with E-state index in [0.717, 1.165) is 25.5 Å². The normalized spacial score (nSPS) is 11.3. The number of aromatic nitrogens is 2. The zero-order chi connectivity index (χ0) is 15.1. The zero-order valence-corrected chi connectivity index (χ0v) is 13.2. The Balaban J connectivity index is 1.93. The lowest BCUT2D eigenvalue weighted by Crippen LogP contribution is -2.01. The van der Waals surface area contributed by atoms with Crippen LogP contribution in [-0.4, -0.2) is 10.2 Å². The van der Waals surface area contributed by atoms with Crippen molar-refractivity contribution in [2.75, 3.05) is 0 Å². The highest BCUT2D eigenvalue weighted by atomic mass is 32.2. The van der Waals surface area contributed by atoms with Crippen molar-refractivity contribution in [2.45, 2.75) is 16.2 Å². The maximum absolute atomic E-state index is 12.1. The predicted octanol–water partition coefficient (Wildman–Crippen LogP) is 4.26. The summed E-state index contributed by atoms with van der Waals surface area (Å²) in [5, 5.41) is 12.0. The first kappa shape index (κ1) is 13.5. The van der Waals surface area contributed by atoms with Crippen LogP contribution in [0.3, 0.4) is 0 Å². The molecule has 0 saturated carbocycles. The molecule has 0 N–H and O–H groups in total. The molecule has 6 heteroatoms. The first-order valence-corrected chi connectivity index (χ1v) is 8.27. The second kappa shape index (κ2) is 5.23. The van der Waals surface area contributed by atoms with Crippen molar-refractivity contribution in [3.8, 4) is 0 Å². The molecule has 4 nitrogen and oxygen atoms in total. The fourth-order valence-electron chi connectivity index (χ4n) is 2.34. The van der Waals surface area contributed by atoms with E-state index in [0.29, 0.717) is 10.5 Å². The second-order valence-corrected chi connectivity index (χ2v) is 7.26. The van der Waals surface area contributed by atoms with E-state index in [9.17, 15) is 4.79 Å².